The summed E-state index contributed by atoms with van der Waals surface area (Å²) in [5.41, 5.74) is 0.404. The Morgan fingerprint density at radius 1 is 1.26 bits per heavy atom. The molecule has 27 heavy (non-hydrogen) atoms. The monoisotopic (exact) mass is 395 g/mol. The minimum atomic E-state index is -3.58. The van der Waals surface area contributed by atoms with Crippen molar-refractivity contribution in [3.63, 3.8) is 0 Å². The molecule has 0 aromatic heterocycles. The molecule has 2 aliphatic heterocycles. The Morgan fingerprint density at radius 2 is 1.93 bits per heavy atom. The Morgan fingerprint density at radius 3 is 2.52 bits per heavy atom. The molecule has 0 spiro atoms. The molecule has 1 aromatic rings. The van der Waals surface area contributed by atoms with Gasteiger partial charge in [0.25, 0.3) is 0 Å². The number of fused-ring (bicyclic) bond motifs is 2. The molecule has 2 saturated heterocycles. The van der Waals surface area contributed by atoms with Gasteiger partial charge in [0.05, 0.1) is 17.2 Å². The molecule has 7 nitrogen and oxygen atoms in total. The number of carbonyl (C=O) groups excluding carboxylic acids is 1. The topological polar surface area (TPSA) is 87.7 Å². The van der Waals surface area contributed by atoms with Crippen molar-refractivity contribution < 1.29 is 17.9 Å². The van der Waals surface area contributed by atoms with Crippen LogP contribution in [-0.4, -0.2) is 51.4 Å². The van der Waals surface area contributed by atoms with E-state index in [9.17, 15) is 13.2 Å². The van der Waals surface area contributed by atoms with Crippen LogP contribution in [0.2, 0.25) is 0 Å². The average Bonchev–Trinajstić information content (AvgIpc) is 2.94. The van der Waals surface area contributed by atoms with Gasteiger partial charge in [-0.1, -0.05) is 0 Å². The molecule has 8 heteroatoms. The number of ether oxygens (including phenoxy) is 1. The van der Waals surface area contributed by atoms with E-state index in [1.54, 1.807) is 6.07 Å². The molecule has 1 amide bonds. The predicted octanol–water partition coefficient (Wildman–Crippen LogP) is 2.19. The summed E-state index contributed by atoms with van der Waals surface area (Å²) >= 11 is 0. The molecule has 2 unspecified atom stereocenters. The second-order valence-electron chi connectivity index (χ2n) is 7.61. The molecule has 2 N–H and O–H groups in total. The van der Waals surface area contributed by atoms with Crippen LogP contribution in [0.15, 0.2) is 23.1 Å². The fourth-order valence-electron chi connectivity index (χ4n) is 4.06. The number of sulfonamides is 1. The molecule has 2 fully saturated rings. The summed E-state index contributed by atoms with van der Waals surface area (Å²) in [6, 6.07) is 5.65. The van der Waals surface area contributed by atoms with Gasteiger partial charge in [0.2, 0.25) is 15.9 Å². The van der Waals surface area contributed by atoms with Crippen LogP contribution in [0.4, 0.5) is 5.69 Å². The molecule has 0 radical (unpaired) electrons. The SMILES string of the molecule is CCOc1ccc(S(=O)(=O)N(C)C)cc1NC(=O)CC1CC2CCC(C1)N2. The summed E-state index contributed by atoms with van der Waals surface area (Å²) in [5.74, 6) is 0.753. The standard InChI is InChI=1S/C19H29N3O4S/c1-4-26-18-8-7-16(27(24,25)22(2)3)12-17(18)21-19(23)11-13-9-14-5-6-15(10-13)20-14/h7-8,12-15,20H,4-6,9-11H2,1-3H3,(H,21,23). The largest absolute Gasteiger partial charge is 0.492 e. The second-order valence-corrected chi connectivity index (χ2v) is 9.76. The maximum atomic E-state index is 12.6. The van der Waals surface area contributed by atoms with Crippen molar-refractivity contribution in [2.45, 2.75) is 56.0 Å². The van der Waals surface area contributed by atoms with Crippen LogP contribution in [0.1, 0.15) is 39.0 Å². The zero-order valence-electron chi connectivity index (χ0n) is 16.2. The summed E-state index contributed by atoms with van der Waals surface area (Å²) in [5, 5.41) is 6.46. The van der Waals surface area contributed by atoms with Crippen LogP contribution in [-0.2, 0) is 14.8 Å². The molecule has 2 bridgehead atoms. The van der Waals surface area contributed by atoms with E-state index in [0.29, 0.717) is 42.5 Å². The third kappa shape index (κ3) is 4.62. The van der Waals surface area contributed by atoms with Crippen LogP contribution in [0.3, 0.4) is 0 Å². The Balaban J connectivity index is 1.74. The summed E-state index contributed by atoms with van der Waals surface area (Å²) in [7, 11) is -0.619. The predicted molar refractivity (Wildman–Crippen MR) is 104 cm³/mol. The van der Waals surface area contributed by atoms with Gasteiger partial charge < -0.3 is 15.4 Å². The van der Waals surface area contributed by atoms with Crippen molar-refractivity contribution in [2.75, 3.05) is 26.0 Å². The Kier molecular flexibility index (Phi) is 6.08. The first-order valence-electron chi connectivity index (χ1n) is 9.55. The van der Waals surface area contributed by atoms with Crippen molar-refractivity contribution in [1.82, 2.24) is 9.62 Å². The van der Waals surface area contributed by atoms with E-state index in [2.05, 4.69) is 10.6 Å². The number of rotatable bonds is 7. The quantitative estimate of drug-likeness (QED) is 0.739. The summed E-state index contributed by atoms with van der Waals surface area (Å²) in [4.78, 5) is 12.7. The minimum Gasteiger partial charge on any atom is -0.492 e. The highest BCUT2D eigenvalue weighted by Gasteiger charge is 2.34. The van der Waals surface area contributed by atoms with E-state index in [1.807, 2.05) is 6.92 Å². The highest BCUT2D eigenvalue weighted by molar-refractivity contribution is 7.89. The number of benzene rings is 1. The lowest BCUT2D eigenvalue weighted by molar-refractivity contribution is -0.117. The van der Waals surface area contributed by atoms with E-state index in [0.717, 1.165) is 17.1 Å². The molecule has 2 atom stereocenters. The fourth-order valence-corrected chi connectivity index (χ4v) is 4.99. The van der Waals surface area contributed by atoms with Crippen molar-refractivity contribution in [3.8, 4) is 5.75 Å². The number of nitrogens with zero attached hydrogens (tertiary/aromatic N) is 1. The van der Waals surface area contributed by atoms with Gasteiger partial charge in [-0.25, -0.2) is 12.7 Å². The second kappa shape index (κ2) is 8.16. The van der Waals surface area contributed by atoms with E-state index in [4.69, 9.17) is 4.74 Å². The van der Waals surface area contributed by atoms with Gasteiger partial charge in [0, 0.05) is 32.6 Å². The Bertz CT molecular complexity index is 782. The lowest BCUT2D eigenvalue weighted by Crippen LogP contribution is -2.39. The number of amides is 1. The number of carbonyl (C=O) groups is 1. The van der Waals surface area contributed by atoms with Crippen LogP contribution >= 0.6 is 0 Å². The Hall–Kier alpha value is -1.64. The van der Waals surface area contributed by atoms with Crippen molar-refractivity contribution >= 4 is 21.6 Å². The Labute approximate surface area is 161 Å². The molecule has 0 saturated carbocycles. The summed E-state index contributed by atoms with van der Waals surface area (Å²) in [6.07, 6.45) is 4.89. The molecular weight excluding hydrogens is 366 g/mol. The van der Waals surface area contributed by atoms with Gasteiger partial charge in [0.1, 0.15) is 5.75 Å². The number of hydrogen-bond donors (Lipinski definition) is 2. The van der Waals surface area contributed by atoms with Crippen LogP contribution in [0.5, 0.6) is 5.75 Å². The zero-order valence-corrected chi connectivity index (χ0v) is 17.0. The van der Waals surface area contributed by atoms with Crippen molar-refractivity contribution in [2.24, 2.45) is 5.92 Å². The number of hydrogen-bond acceptors (Lipinski definition) is 5. The molecule has 3 rings (SSSR count). The molecule has 2 heterocycles. The van der Waals surface area contributed by atoms with Gasteiger partial charge in [-0.15, -0.1) is 0 Å². The van der Waals surface area contributed by atoms with E-state index < -0.39 is 10.0 Å². The third-order valence-corrected chi connectivity index (χ3v) is 7.16. The fraction of sp³-hybridized carbons (Fsp3) is 0.632. The van der Waals surface area contributed by atoms with Crippen molar-refractivity contribution in [1.29, 1.82) is 0 Å². The van der Waals surface area contributed by atoms with Crippen molar-refractivity contribution in [3.05, 3.63) is 18.2 Å². The minimum absolute atomic E-state index is 0.0957. The normalized spacial score (nSPS) is 24.8. The van der Waals surface area contributed by atoms with Gasteiger partial charge in [-0.2, -0.15) is 0 Å². The molecule has 1 aromatic carbocycles. The highest BCUT2D eigenvalue weighted by atomic mass is 32.2. The lowest BCUT2D eigenvalue weighted by atomic mass is 9.89. The molecular formula is C19H29N3O4S. The number of nitrogens with one attached hydrogen (secondary N) is 2. The first kappa shape index (κ1) is 20.1. The van der Waals surface area contributed by atoms with E-state index >= 15 is 0 Å². The van der Waals surface area contributed by atoms with Crippen LogP contribution < -0.4 is 15.4 Å². The third-order valence-electron chi connectivity index (χ3n) is 5.35. The molecule has 150 valence electrons. The summed E-state index contributed by atoms with van der Waals surface area (Å²) < 4.78 is 31.5. The van der Waals surface area contributed by atoms with Gasteiger partial charge in [0.15, 0.2) is 0 Å². The smallest absolute Gasteiger partial charge is 0.242 e. The van der Waals surface area contributed by atoms with Gasteiger partial charge in [-0.3, -0.25) is 4.79 Å². The van der Waals surface area contributed by atoms with Crippen LogP contribution in [0.25, 0.3) is 0 Å². The van der Waals surface area contributed by atoms with E-state index in [-0.39, 0.29) is 10.8 Å². The first-order chi connectivity index (χ1) is 12.8. The number of anilines is 1. The molecule has 2 aliphatic rings. The number of piperidine rings is 1. The maximum Gasteiger partial charge on any atom is 0.242 e. The van der Waals surface area contributed by atoms with Crippen LogP contribution in [0, 0.1) is 5.92 Å². The van der Waals surface area contributed by atoms with Gasteiger partial charge in [-0.05, 0) is 56.7 Å². The van der Waals surface area contributed by atoms with E-state index in [1.165, 1.54) is 39.1 Å². The summed E-state index contributed by atoms with van der Waals surface area (Å²) in [6.45, 7) is 2.28. The zero-order chi connectivity index (χ0) is 19.6. The average molecular weight is 396 g/mol. The van der Waals surface area contributed by atoms with Gasteiger partial charge >= 0.3 is 0 Å². The lowest BCUT2D eigenvalue weighted by Gasteiger charge is -2.28. The molecule has 0 aliphatic carbocycles. The maximum absolute atomic E-state index is 12.6. The highest BCUT2D eigenvalue weighted by Crippen LogP contribution is 2.34. The first-order valence-corrected chi connectivity index (χ1v) is 11.0.